The molecule has 0 saturated heterocycles. The molecule has 2 amide bonds. The molecule has 6 heteroatoms. The molecule has 0 spiro atoms. The van der Waals surface area contributed by atoms with Gasteiger partial charge in [0, 0.05) is 11.3 Å². The second-order valence-corrected chi connectivity index (χ2v) is 6.17. The zero-order chi connectivity index (χ0) is 19.1. The molecule has 2 aromatic rings. The fraction of sp³-hybridized carbons (Fsp3) is 0.300. The van der Waals surface area contributed by atoms with Crippen LogP contribution in [0.5, 0.6) is 11.5 Å². The summed E-state index contributed by atoms with van der Waals surface area (Å²) in [6, 6.07) is 10.8. The highest BCUT2D eigenvalue weighted by molar-refractivity contribution is 5.91. The molecule has 0 unspecified atom stereocenters. The molecule has 0 aliphatic carbocycles. The van der Waals surface area contributed by atoms with E-state index in [9.17, 15) is 4.79 Å². The summed E-state index contributed by atoms with van der Waals surface area (Å²) < 4.78 is 11.1. The summed E-state index contributed by atoms with van der Waals surface area (Å²) in [6.07, 6.45) is 1.51. The van der Waals surface area contributed by atoms with E-state index < -0.39 is 6.03 Å². The topological polar surface area (TPSA) is 72.0 Å². The molecule has 138 valence electrons. The van der Waals surface area contributed by atoms with Crippen LogP contribution in [0.4, 0.5) is 10.5 Å². The summed E-state index contributed by atoms with van der Waals surface area (Å²) in [4.78, 5) is 12.0. The number of para-hydroxylation sites is 1. The van der Waals surface area contributed by atoms with Gasteiger partial charge >= 0.3 is 6.03 Å². The lowest BCUT2D eigenvalue weighted by atomic mass is 10.1. The molecule has 0 radical (unpaired) electrons. The average molecular weight is 355 g/mol. The van der Waals surface area contributed by atoms with Crippen molar-refractivity contribution in [1.29, 1.82) is 0 Å². The second kappa shape index (κ2) is 8.89. The third kappa shape index (κ3) is 5.24. The third-order valence-electron chi connectivity index (χ3n) is 3.72. The number of aryl methyl sites for hydroxylation is 2. The monoisotopic (exact) mass is 355 g/mol. The molecule has 0 atom stereocenters. The molecule has 0 aromatic heterocycles. The molecule has 0 aliphatic heterocycles. The summed E-state index contributed by atoms with van der Waals surface area (Å²) in [5.41, 5.74) is 6.16. The standard InChI is InChI=1S/C20H25N3O3/c1-13(2)26-19-16(7-6-8-18(19)25-5)12-21-23-20(24)22-17-10-9-14(3)15(4)11-17/h6-13H,1-5H3,(H2,22,23,24)/b21-12+. The number of amides is 2. The van der Waals surface area contributed by atoms with Gasteiger partial charge in [-0.1, -0.05) is 12.1 Å². The van der Waals surface area contributed by atoms with E-state index in [0.29, 0.717) is 22.7 Å². The molecule has 2 rings (SSSR count). The lowest BCUT2D eigenvalue weighted by Gasteiger charge is -2.15. The van der Waals surface area contributed by atoms with E-state index in [1.54, 1.807) is 7.11 Å². The number of anilines is 1. The molecular formula is C20H25N3O3. The number of urea groups is 1. The minimum Gasteiger partial charge on any atom is -0.493 e. The van der Waals surface area contributed by atoms with Gasteiger partial charge in [0.05, 0.1) is 19.4 Å². The van der Waals surface area contributed by atoms with Gasteiger partial charge in [-0.2, -0.15) is 5.10 Å². The van der Waals surface area contributed by atoms with E-state index in [0.717, 1.165) is 5.56 Å². The number of hydrogen-bond donors (Lipinski definition) is 2. The normalized spacial score (nSPS) is 10.8. The predicted molar refractivity (Wildman–Crippen MR) is 104 cm³/mol. The van der Waals surface area contributed by atoms with Crippen LogP contribution in [0.25, 0.3) is 0 Å². The van der Waals surface area contributed by atoms with Crippen LogP contribution in [0.1, 0.15) is 30.5 Å². The van der Waals surface area contributed by atoms with Crippen molar-refractivity contribution < 1.29 is 14.3 Å². The molecule has 26 heavy (non-hydrogen) atoms. The first-order chi connectivity index (χ1) is 12.4. The first-order valence-electron chi connectivity index (χ1n) is 8.41. The minimum atomic E-state index is -0.418. The van der Waals surface area contributed by atoms with E-state index >= 15 is 0 Å². The third-order valence-corrected chi connectivity index (χ3v) is 3.72. The quantitative estimate of drug-likeness (QED) is 0.601. The molecule has 6 nitrogen and oxygen atoms in total. The van der Waals surface area contributed by atoms with Crippen LogP contribution < -0.4 is 20.2 Å². The Morgan fingerprint density at radius 1 is 1.15 bits per heavy atom. The summed E-state index contributed by atoms with van der Waals surface area (Å²) in [5, 5.41) is 6.74. The van der Waals surface area contributed by atoms with Crippen LogP contribution in [0.3, 0.4) is 0 Å². The van der Waals surface area contributed by atoms with Crippen LogP contribution in [-0.4, -0.2) is 25.5 Å². The van der Waals surface area contributed by atoms with Gasteiger partial charge in [0.1, 0.15) is 0 Å². The van der Waals surface area contributed by atoms with E-state index in [2.05, 4.69) is 15.8 Å². The second-order valence-electron chi connectivity index (χ2n) is 6.17. The van der Waals surface area contributed by atoms with Crippen LogP contribution in [-0.2, 0) is 0 Å². The fourth-order valence-electron chi connectivity index (χ4n) is 2.30. The number of carbonyl (C=O) groups excluding carboxylic acids is 1. The lowest BCUT2D eigenvalue weighted by molar-refractivity contribution is 0.230. The molecule has 2 aromatic carbocycles. The van der Waals surface area contributed by atoms with E-state index in [-0.39, 0.29) is 6.10 Å². The number of ether oxygens (including phenoxy) is 2. The lowest BCUT2D eigenvalue weighted by Crippen LogP contribution is -2.24. The molecule has 0 aliphatic rings. The Balaban J connectivity index is 2.05. The van der Waals surface area contributed by atoms with Gasteiger partial charge < -0.3 is 14.8 Å². The number of rotatable bonds is 6. The largest absolute Gasteiger partial charge is 0.493 e. The molecule has 0 heterocycles. The molecule has 0 bridgehead atoms. The van der Waals surface area contributed by atoms with Gasteiger partial charge in [-0.15, -0.1) is 0 Å². The zero-order valence-electron chi connectivity index (χ0n) is 15.8. The minimum absolute atomic E-state index is 0.0144. The van der Waals surface area contributed by atoms with Gasteiger partial charge in [0.15, 0.2) is 11.5 Å². The van der Waals surface area contributed by atoms with Crippen molar-refractivity contribution in [2.24, 2.45) is 5.10 Å². The Morgan fingerprint density at radius 2 is 1.92 bits per heavy atom. The molecule has 2 N–H and O–H groups in total. The summed E-state index contributed by atoms with van der Waals surface area (Å²) in [5.74, 6) is 1.20. The van der Waals surface area contributed by atoms with Gasteiger partial charge in [0.25, 0.3) is 0 Å². The highest BCUT2D eigenvalue weighted by atomic mass is 16.5. The van der Waals surface area contributed by atoms with Crippen LogP contribution >= 0.6 is 0 Å². The molecule has 0 saturated carbocycles. The summed E-state index contributed by atoms with van der Waals surface area (Å²) >= 11 is 0. The first-order valence-corrected chi connectivity index (χ1v) is 8.41. The van der Waals surface area contributed by atoms with Crippen molar-refractivity contribution in [3.63, 3.8) is 0 Å². The van der Waals surface area contributed by atoms with Crippen molar-refractivity contribution >= 4 is 17.9 Å². The van der Waals surface area contributed by atoms with Gasteiger partial charge in [-0.3, -0.25) is 0 Å². The maximum absolute atomic E-state index is 12.0. The Labute approximate surface area is 154 Å². The number of hydrazone groups is 1. The Bertz CT molecular complexity index is 801. The van der Waals surface area contributed by atoms with Crippen molar-refractivity contribution in [2.45, 2.75) is 33.8 Å². The van der Waals surface area contributed by atoms with Gasteiger partial charge in [-0.25, -0.2) is 10.2 Å². The van der Waals surface area contributed by atoms with Crippen molar-refractivity contribution in [1.82, 2.24) is 5.43 Å². The fourth-order valence-corrected chi connectivity index (χ4v) is 2.30. The van der Waals surface area contributed by atoms with Crippen LogP contribution in [0.2, 0.25) is 0 Å². The van der Waals surface area contributed by atoms with Crippen molar-refractivity contribution in [3.05, 3.63) is 53.1 Å². The summed E-state index contributed by atoms with van der Waals surface area (Å²) in [7, 11) is 1.58. The van der Waals surface area contributed by atoms with Gasteiger partial charge in [-0.05, 0) is 63.1 Å². The molecule has 0 fully saturated rings. The number of methoxy groups -OCH3 is 1. The average Bonchev–Trinajstić information content (AvgIpc) is 2.59. The summed E-state index contributed by atoms with van der Waals surface area (Å²) in [6.45, 7) is 7.88. The van der Waals surface area contributed by atoms with Gasteiger partial charge in [0.2, 0.25) is 0 Å². The number of benzene rings is 2. The Hall–Kier alpha value is -3.02. The van der Waals surface area contributed by atoms with E-state index in [1.807, 2.05) is 64.1 Å². The smallest absolute Gasteiger partial charge is 0.339 e. The van der Waals surface area contributed by atoms with E-state index in [1.165, 1.54) is 11.8 Å². The van der Waals surface area contributed by atoms with E-state index in [4.69, 9.17) is 9.47 Å². The highest BCUT2D eigenvalue weighted by Crippen LogP contribution is 2.30. The van der Waals surface area contributed by atoms with Crippen LogP contribution in [0.15, 0.2) is 41.5 Å². The zero-order valence-corrected chi connectivity index (χ0v) is 15.8. The number of carbonyl (C=O) groups is 1. The number of nitrogens with zero attached hydrogens (tertiary/aromatic N) is 1. The van der Waals surface area contributed by atoms with Crippen molar-refractivity contribution in [2.75, 3.05) is 12.4 Å². The predicted octanol–water partition coefficient (Wildman–Crippen LogP) is 4.25. The Morgan fingerprint density at radius 3 is 2.58 bits per heavy atom. The van der Waals surface area contributed by atoms with Crippen LogP contribution in [0, 0.1) is 13.8 Å². The first kappa shape index (κ1) is 19.3. The number of hydrogen-bond acceptors (Lipinski definition) is 4. The van der Waals surface area contributed by atoms with Crippen molar-refractivity contribution in [3.8, 4) is 11.5 Å². The Kier molecular flexibility index (Phi) is 6.60. The maximum atomic E-state index is 12.0. The maximum Gasteiger partial charge on any atom is 0.339 e. The highest BCUT2D eigenvalue weighted by Gasteiger charge is 2.11. The SMILES string of the molecule is COc1cccc(/C=N/NC(=O)Nc2ccc(C)c(C)c2)c1OC(C)C. The molecular weight excluding hydrogens is 330 g/mol. The number of nitrogens with one attached hydrogen (secondary N) is 2.